The molecule has 0 saturated carbocycles. The van der Waals surface area contributed by atoms with Gasteiger partial charge in [0, 0.05) is 11.9 Å². The first-order chi connectivity index (χ1) is 5.24. The van der Waals surface area contributed by atoms with Gasteiger partial charge < -0.3 is 4.98 Å². The maximum absolute atomic E-state index is 10.7. The van der Waals surface area contributed by atoms with E-state index in [0.717, 1.165) is 12.1 Å². The van der Waals surface area contributed by atoms with E-state index in [2.05, 4.69) is 23.8 Å². The van der Waals surface area contributed by atoms with Crippen molar-refractivity contribution in [3.63, 3.8) is 0 Å². The van der Waals surface area contributed by atoms with Gasteiger partial charge in [-0.25, -0.2) is 9.78 Å². The molecule has 0 aliphatic rings. The molecule has 0 aromatic carbocycles. The zero-order valence-corrected chi connectivity index (χ0v) is 6.79. The fourth-order valence-electron chi connectivity index (χ4n) is 0.890. The number of rotatable bonds is 2. The van der Waals surface area contributed by atoms with Crippen LogP contribution in [0.15, 0.2) is 17.1 Å². The highest BCUT2D eigenvalue weighted by Gasteiger charge is 2.01. The molecule has 0 aliphatic heterocycles. The Morgan fingerprint density at radius 3 is 3.00 bits per heavy atom. The highest BCUT2D eigenvalue weighted by atomic mass is 16.1. The summed E-state index contributed by atoms with van der Waals surface area (Å²) in [6, 6.07) is 1.84. The molecule has 0 spiro atoms. The van der Waals surface area contributed by atoms with Gasteiger partial charge >= 0.3 is 5.69 Å². The van der Waals surface area contributed by atoms with Crippen molar-refractivity contribution in [2.45, 2.75) is 26.2 Å². The van der Waals surface area contributed by atoms with Gasteiger partial charge in [-0.15, -0.1) is 0 Å². The first-order valence-corrected chi connectivity index (χ1v) is 3.79. The summed E-state index contributed by atoms with van der Waals surface area (Å²) < 4.78 is 0. The zero-order valence-electron chi connectivity index (χ0n) is 6.79. The Morgan fingerprint density at radius 1 is 1.73 bits per heavy atom. The molecule has 0 aliphatic carbocycles. The minimum absolute atomic E-state index is 0.261. The van der Waals surface area contributed by atoms with E-state index in [1.807, 2.05) is 6.07 Å². The van der Waals surface area contributed by atoms with Gasteiger partial charge in [0.2, 0.25) is 0 Å². The van der Waals surface area contributed by atoms with Crippen LogP contribution in [0.1, 0.15) is 31.9 Å². The summed E-state index contributed by atoms with van der Waals surface area (Å²) in [4.78, 5) is 17.0. The van der Waals surface area contributed by atoms with Gasteiger partial charge in [0.25, 0.3) is 0 Å². The van der Waals surface area contributed by atoms with E-state index < -0.39 is 0 Å². The van der Waals surface area contributed by atoms with Crippen molar-refractivity contribution in [3.05, 3.63) is 28.4 Å². The molecule has 0 amide bonds. The predicted octanol–water partition coefficient (Wildman–Crippen LogP) is 1.28. The standard InChI is InChI=1S/C8H12N2O/c1-3-6(2)7-4-5-9-8(11)10-7/h4-6H,3H2,1-2H3,(H,9,10,11). The van der Waals surface area contributed by atoms with Crippen LogP contribution >= 0.6 is 0 Å². The number of H-pyrrole nitrogens is 1. The van der Waals surface area contributed by atoms with Crippen LogP contribution in [-0.4, -0.2) is 9.97 Å². The SMILES string of the molecule is CCC(C)c1ccnc(=O)[nH]1. The lowest BCUT2D eigenvalue weighted by molar-refractivity contribution is 0.699. The smallest absolute Gasteiger partial charge is 0.310 e. The highest BCUT2D eigenvalue weighted by molar-refractivity contribution is 5.03. The van der Waals surface area contributed by atoms with Gasteiger partial charge in [0.15, 0.2) is 0 Å². The largest absolute Gasteiger partial charge is 0.345 e. The number of hydrogen-bond acceptors (Lipinski definition) is 2. The molecule has 1 unspecified atom stereocenters. The Morgan fingerprint density at radius 2 is 2.45 bits per heavy atom. The summed E-state index contributed by atoms with van der Waals surface area (Å²) in [5.74, 6) is 0.408. The summed E-state index contributed by atoms with van der Waals surface area (Å²) in [6.45, 7) is 4.16. The topological polar surface area (TPSA) is 45.8 Å². The van der Waals surface area contributed by atoms with E-state index in [4.69, 9.17) is 0 Å². The normalized spacial score (nSPS) is 12.9. The lowest BCUT2D eigenvalue weighted by Crippen LogP contribution is -2.12. The second-order valence-electron chi connectivity index (χ2n) is 2.64. The fourth-order valence-corrected chi connectivity index (χ4v) is 0.890. The molecule has 3 nitrogen and oxygen atoms in total. The number of aromatic nitrogens is 2. The van der Waals surface area contributed by atoms with Gasteiger partial charge in [-0.05, 0) is 18.4 Å². The highest BCUT2D eigenvalue weighted by Crippen LogP contribution is 2.12. The maximum Gasteiger partial charge on any atom is 0.345 e. The van der Waals surface area contributed by atoms with Gasteiger partial charge in [0.1, 0.15) is 0 Å². The van der Waals surface area contributed by atoms with Crippen LogP contribution < -0.4 is 5.69 Å². The van der Waals surface area contributed by atoms with Crippen LogP contribution in [0.25, 0.3) is 0 Å². The first kappa shape index (κ1) is 7.98. The fraction of sp³-hybridized carbons (Fsp3) is 0.500. The molecule has 1 rings (SSSR count). The molecule has 11 heavy (non-hydrogen) atoms. The number of nitrogens with one attached hydrogen (secondary N) is 1. The van der Waals surface area contributed by atoms with E-state index in [-0.39, 0.29) is 5.69 Å². The van der Waals surface area contributed by atoms with Gasteiger partial charge in [-0.1, -0.05) is 13.8 Å². The summed E-state index contributed by atoms with van der Waals surface area (Å²) in [5, 5.41) is 0. The number of nitrogens with zero attached hydrogens (tertiary/aromatic N) is 1. The van der Waals surface area contributed by atoms with Crippen molar-refractivity contribution < 1.29 is 0 Å². The number of aromatic amines is 1. The molecule has 1 atom stereocenters. The quantitative estimate of drug-likeness (QED) is 0.693. The Bertz CT molecular complexity index is 279. The molecule has 60 valence electrons. The van der Waals surface area contributed by atoms with Crippen molar-refractivity contribution in [3.8, 4) is 0 Å². The van der Waals surface area contributed by atoms with Crippen LogP contribution in [0.2, 0.25) is 0 Å². The van der Waals surface area contributed by atoms with Crippen molar-refractivity contribution in [1.29, 1.82) is 0 Å². The Labute approximate surface area is 65.5 Å². The van der Waals surface area contributed by atoms with E-state index in [1.54, 1.807) is 6.20 Å². The summed E-state index contributed by atoms with van der Waals surface area (Å²) in [7, 11) is 0. The molecule has 1 heterocycles. The lowest BCUT2D eigenvalue weighted by Gasteiger charge is -2.06. The Balaban J connectivity index is 2.96. The molecule has 1 aromatic heterocycles. The molecular weight excluding hydrogens is 140 g/mol. The maximum atomic E-state index is 10.7. The van der Waals surface area contributed by atoms with Crippen molar-refractivity contribution in [2.75, 3.05) is 0 Å². The van der Waals surface area contributed by atoms with Gasteiger partial charge in [-0.2, -0.15) is 0 Å². The summed E-state index contributed by atoms with van der Waals surface area (Å²) in [5.41, 5.74) is 0.704. The van der Waals surface area contributed by atoms with Crippen LogP contribution in [0.4, 0.5) is 0 Å². The van der Waals surface area contributed by atoms with E-state index in [0.29, 0.717) is 5.92 Å². The third-order valence-corrected chi connectivity index (χ3v) is 1.84. The molecule has 0 radical (unpaired) electrons. The van der Waals surface area contributed by atoms with Crippen molar-refractivity contribution in [2.24, 2.45) is 0 Å². The molecular formula is C8H12N2O. The average Bonchev–Trinajstić information content (AvgIpc) is 2.03. The lowest BCUT2D eigenvalue weighted by atomic mass is 10.1. The molecule has 0 fully saturated rings. The Hall–Kier alpha value is -1.12. The molecule has 3 heteroatoms. The molecule has 0 saturated heterocycles. The third-order valence-electron chi connectivity index (χ3n) is 1.84. The third kappa shape index (κ3) is 1.90. The van der Waals surface area contributed by atoms with Crippen LogP contribution in [0.3, 0.4) is 0 Å². The van der Waals surface area contributed by atoms with Crippen LogP contribution in [0.5, 0.6) is 0 Å². The second kappa shape index (κ2) is 3.32. The average molecular weight is 152 g/mol. The monoisotopic (exact) mass is 152 g/mol. The molecule has 0 bridgehead atoms. The molecule has 1 N–H and O–H groups in total. The zero-order chi connectivity index (χ0) is 8.27. The van der Waals surface area contributed by atoms with Gasteiger partial charge in [0.05, 0.1) is 0 Å². The van der Waals surface area contributed by atoms with E-state index >= 15 is 0 Å². The predicted molar refractivity (Wildman–Crippen MR) is 43.6 cm³/mol. The van der Waals surface area contributed by atoms with Crippen LogP contribution in [-0.2, 0) is 0 Å². The first-order valence-electron chi connectivity index (χ1n) is 3.79. The Kier molecular flexibility index (Phi) is 2.41. The molecule has 1 aromatic rings. The van der Waals surface area contributed by atoms with Crippen molar-refractivity contribution in [1.82, 2.24) is 9.97 Å². The second-order valence-corrected chi connectivity index (χ2v) is 2.64. The van der Waals surface area contributed by atoms with Crippen LogP contribution in [0, 0.1) is 0 Å². The van der Waals surface area contributed by atoms with Crippen molar-refractivity contribution >= 4 is 0 Å². The summed E-state index contributed by atoms with van der Waals surface area (Å²) in [6.07, 6.45) is 2.57. The minimum Gasteiger partial charge on any atom is -0.310 e. The van der Waals surface area contributed by atoms with Gasteiger partial charge in [-0.3, -0.25) is 0 Å². The summed E-state index contributed by atoms with van der Waals surface area (Å²) >= 11 is 0. The van der Waals surface area contributed by atoms with E-state index in [1.165, 1.54) is 0 Å². The minimum atomic E-state index is -0.261. The van der Waals surface area contributed by atoms with E-state index in [9.17, 15) is 4.79 Å². The number of hydrogen-bond donors (Lipinski definition) is 1.